The number of hydrogen-bond donors (Lipinski definition) is 1. The van der Waals surface area contributed by atoms with E-state index in [4.69, 9.17) is 18.9 Å². The number of benzene rings is 1. The van der Waals surface area contributed by atoms with Gasteiger partial charge in [-0.3, -0.25) is 9.69 Å². The van der Waals surface area contributed by atoms with Crippen LogP contribution in [0.2, 0.25) is 0 Å². The predicted octanol–water partition coefficient (Wildman–Crippen LogP) is 5.50. The second kappa shape index (κ2) is 14.0. The summed E-state index contributed by atoms with van der Waals surface area (Å²) in [7, 11) is 0. The minimum absolute atomic E-state index is 0.362. The van der Waals surface area contributed by atoms with Crippen LogP contribution in [0.5, 0.6) is 0 Å². The van der Waals surface area contributed by atoms with Crippen LogP contribution in [0.1, 0.15) is 93.4 Å². The highest BCUT2D eigenvalue weighted by Gasteiger charge is 2.44. The number of rotatable bonds is 9. The highest BCUT2D eigenvalue weighted by Crippen LogP contribution is 2.28. The molecule has 1 aromatic carbocycles. The van der Waals surface area contributed by atoms with E-state index >= 15 is 0 Å². The van der Waals surface area contributed by atoms with Gasteiger partial charge in [-0.2, -0.15) is 0 Å². The van der Waals surface area contributed by atoms with Crippen molar-refractivity contribution in [1.82, 2.24) is 10.2 Å². The molecule has 11 heteroatoms. The number of carbonyl (C=O) groups is 5. The van der Waals surface area contributed by atoms with E-state index in [1.807, 2.05) is 0 Å². The minimum Gasteiger partial charge on any atom is -0.456 e. The zero-order chi connectivity index (χ0) is 32.7. The Morgan fingerprint density at radius 1 is 0.714 bits per heavy atom. The van der Waals surface area contributed by atoms with Crippen molar-refractivity contribution in [3.8, 4) is 0 Å². The van der Waals surface area contributed by atoms with E-state index in [1.165, 1.54) is 0 Å². The summed E-state index contributed by atoms with van der Waals surface area (Å²) in [6, 6.07) is 5.86. The molecule has 0 unspecified atom stereocenters. The van der Waals surface area contributed by atoms with Crippen LogP contribution in [-0.4, -0.2) is 71.4 Å². The summed E-state index contributed by atoms with van der Waals surface area (Å²) >= 11 is 0. The zero-order valence-corrected chi connectivity index (χ0v) is 27.1. The third-order valence-corrected chi connectivity index (χ3v) is 5.53. The molecule has 0 saturated heterocycles. The largest absolute Gasteiger partial charge is 0.456 e. The predicted molar refractivity (Wildman–Crippen MR) is 157 cm³/mol. The summed E-state index contributed by atoms with van der Waals surface area (Å²) in [6.07, 6.45) is -1.75. The van der Waals surface area contributed by atoms with Crippen molar-refractivity contribution < 1.29 is 42.9 Å². The van der Waals surface area contributed by atoms with Crippen LogP contribution in [0.4, 0.5) is 9.59 Å². The lowest BCUT2D eigenvalue weighted by molar-refractivity contribution is -0.164. The summed E-state index contributed by atoms with van der Waals surface area (Å²) < 4.78 is 21.7. The van der Waals surface area contributed by atoms with Crippen LogP contribution in [0.25, 0.3) is 0 Å². The number of Topliss-reactive ketones (excluding diaryl/α,β-unsaturated/α-hetero) is 1. The van der Waals surface area contributed by atoms with Gasteiger partial charge in [0, 0.05) is 5.56 Å². The molecule has 0 aliphatic rings. The van der Waals surface area contributed by atoms with Gasteiger partial charge in [0.25, 0.3) is 0 Å². The van der Waals surface area contributed by atoms with Gasteiger partial charge in [-0.25, -0.2) is 19.2 Å². The van der Waals surface area contributed by atoms with Gasteiger partial charge in [0.05, 0.1) is 0 Å². The lowest BCUT2D eigenvalue weighted by Gasteiger charge is -2.38. The first kappa shape index (κ1) is 36.4. The molecule has 236 valence electrons. The normalized spacial score (nSPS) is 13.7. The number of nitrogens with one attached hydrogen (secondary N) is 1. The first-order valence-electron chi connectivity index (χ1n) is 13.8. The molecule has 0 saturated carbocycles. The fourth-order valence-electron chi connectivity index (χ4n) is 3.70. The van der Waals surface area contributed by atoms with Crippen molar-refractivity contribution in [1.29, 1.82) is 0 Å². The average molecular weight is 593 g/mol. The quantitative estimate of drug-likeness (QED) is 0.170. The van der Waals surface area contributed by atoms with Crippen molar-refractivity contribution in [2.45, 2.75) is 106 Å². The van der Waals surface area contributed by atoms with Crippen LogP contribution in [0.3, 0.4) is 0 Å². The van der Waals surface area contributed by atoms with Gasteiger partial charge in [0.2, 0.25) is 0 Å². The molecule has 2 amide bonds. The lowest BCUT2D eigenvalue weighted by atomic mass is 9.85. The Balaban J connectivity index is 3.28. The molecule has 0 radical (unpaired) electrons. The van der Waals surface area contributed by atoms with Crippen molar-refractivity contribution in [2.24, 2.45) is 10.8 Å². The number of ketones is 1. The topological polar surface area (TPSA) is 138 Å². The monoisotopic (exact) mass is 592 g/mol. The summed E-state index contributed by atoms with van der Waals surface area (Å²) in [5.41, 5.74) is -3.12. The number of ether oxygens (including phenoxy) is 4. The van der Waals surface area contributed by atoms with Crippen LogP contribution >= 0.6 is 0 Å². The first-order chi connectivity index (χ1) is 18.9. The number of hydrogen-bond acceptors (Lipinski definition) is 9. The standard InChI is InChI=1S/C31H48N2O9/c1-28(2,3)22(32-26(37)41-30(7,8)9)24(35)40-19-33(27(38)42-31(10,11)12)23(29(4,5)6)25(36)39-18-21(34)20-16-14-13-15-17-20/h13-17,22-23H,18-19H2,1-12H3,(H,32,37)/t22-,23-/m0/s1. The molecule has 0 aliphatic heterocycles. The van der Waals surface area contributed by atoms with Gasteiger partial charge >= 0.3 is 24.1 Å². The maximum absolute atomic E-state index is 13.4. The van der Waals surface area contributed by atoms with Crippen LogP contribution < -0.4 is 5.32 Å². The Bertz CT molecular complexity index is 1100. The molecular formula is C31H48N2O9. The average Bonchev–Trinajstić information content (AvgIpc) is 2.79. The minimum atomic E-state index is -1.31. The highest BCUT2D eigenvalue weighted by atomic mass is 16.6. The van der Waals surface area contributed by atoms with Gasteiger partial charge in [-0.1, -0.05) is 71.9 Å². The Morgan fingerprint density at radius 2 is 1.24 bits per heavy atom. The SMILES string of the molecule is CC(C)(C)OC(=O)N[C@@H](C(=O)OCN(C(=O)OC(C)(C)C)[C@@H](C(=O)OCC(=O)c1ccccc1)C(C)(C)C)C(C)(C)C. The number of nitrogens with zero attached hydrogens (tertiary/aromatic N) is 1. The fourth-order valence-corrected chi connectivity index (χ4v) is 3.70. The molecule has 0 aliphatic carbocycles. The molecule has 1 rings (SSSR count). The maximum Gasteiger partial charge on any atom is 0.413 e. The molecule has 0 fully saturated rings. The van der Waals surface area contributed by atoms with Crippen molar-refractivity contribution >= 4 is 29.9 Å². The summed E-state index contributed by atoms with van der Waals surface area (Å²) in [4.78, 5) is 66.1. The molecule has 11 nitrogen and oxygen atoms in total. The van der Waals surface area contributed by atoms with E-state index < -0.39 is 77.4 Å². The second-order valence-corrected chi connectivity index (χ2v) is 14.2. The van der Waals surface area contributed by atoms with E-state index in [0.717, 1.165) is 4.90 Å². The van der Waals surface area contributed by atoms with E-state index in [1.54, 1.807) is 113 Å². The molecule has 42 heavy (non-hydrogen) atoms. The Morgan fingerprint density at radius 3 is 1.69 bits per heavy atom. The van der Waals surface area contributed by atoms with Gasteiger partial charge in [-0.15, -0.1) is 0 Å². The third-order valence-electron chi connectivity index (χ3n) is 5.53. The van der Waals surface area contributed by atoms with Crippen molar-refractivity contribution in [3.63, 3.8) is 0 Å². The zero-order valence-electron chi connectivity index (χ0n) is 27.1. The van der Waals surface area contributed by atoms with Gasteiger partial charge in [0.15, 0.2) is 19.1 Å². The third kappa shape index (κ3) is 12.5. The first-order valence-corrected chi connectivity index (χ1v) is 13.8. The molecule has 2 atom stereocenters. The van der Waals surface area contributed by atoms with Crippen LogP contribution in [0, 0.1) is 10.8 Å². The molecular weight excluding hydrogens is 544 g/mol. The second-order valence-electron chi connectivity index (χ2n) is 14.2. The van der Waals surface area contributed by atoms with E-state index in [-0.39, 0.29) is 0 Å². The number of amides is 2. The Hall–Kier alpha value is -3.63. The molecule has 1 aromatic rings. The van der Waals surface area contributed by atoms with Crippen molar-refractivity contribution in [2.75, 3.05) is 13.3 Å². The Labute approximate surface area is 249 Å². The number of alkyl carbamates (subject to hydrolysis) is 1. The summed E-state index contributed by atoms with van der Waals surface area (Å²) in [6.45, 7) is 19.0. The fraction of sp³-hybridized carbons (Fsp3) is 0.645. The lowest BCUT2D eigenvalue weighted by Crippen LogP contribution is -2.56. The summed E-state index contributed by atoms with van der Waals surface area (Å²) in [5, 5.41) is 2.54. The maximum atomic E-state index is 13.4. The van der Waals surface area contributed by atoms with Gasteiger partial charge in [-0.05, 0) is 52.4 Å². The Kier molecular flexibility index (Phi) is 12.2. The van der Waals surface area contributed by atoms with Crippen molar-refractivity contribution in [3.05, 3.63) is 35.9 Å². The highest BCUT2D eigenvalue weighted by molar-refractivity contribution is 5.98. The van der Waals surface area contributed by atoms with E-state index in [0.29, 0.717) is 5.56 Å². The molecule has 0 aromatic heterocycles. The number of esters is 2. The molecule has 0 heterocycles. The van der Waals surface area contributed by atoms with E-state index in [9.17, 15) is 24.0 Å². The summed E-state index contributed by atoms with van der Waals surface area (Å²) in [5.74, 6) is -2.16. The molecule has 0 bridgehead atoms. The molecule has 1 N–H and O–H groups in total. The number of carbonyl (C=O) groups excluding carboxylic acids is 5. The van der Waals surface area contributed by atoms with Crippen LogP contribution in [-0.2, 0) is 28.5 Å². The van der Waals surface area contributed by atoms with Crippen LogP contribution in [0.15, 0.2) is 30.3 Å². The van der Waals surface area contributed by atoms with Gasteiger partial charge < -0.3 is 24.3 Å². The smallest absolute Gasteiger partial charge is 0.413 e. The molecule has 0 spiro atoms. The van der Waals surface area contributed by atoms with E-state index in [2.05, 4.69) is 5.32 Å². The van der Waals surface area contributed by atoms with Gasteiger partial charge in [0.1, 0.15) is 23.3 Å².